The van der Waals surface area contributed by atoms with Crippen LogP contribution in [0.1, 0.15) is 5.56 Å². The Morgan fingerprint density at radius 2 is 2.21 bits per heavy atom. The predicted molar refractivity (Wildman–Crippen MR) is 105 cm³/mol. The van der Waals surface area contributed by atoms with E-state index in [0.717, 1.165) is 10.9 Å². The summed E-state index contributed by atoms with van der Waals surface area (Å²) in [4.78, 5) is 25.6. The minimum absolute atomic E-state index is 0.0890. The molecule has 1 fully saturated rings. The van der Waals surface area contributed by atoms with E-state index < -0.39 is 25.2 Å². The van der Waals surface area contributed by atoms with Gasteiger partial charge in [0, 0.05) is 11.9 Å². The number of hydrogen-bond donors (Lipinski definition) is 3. The van der Waals surface area contributed by atoms with Crippen molar-refractivity contribution in [1.82, 2.24) is 10.2 Å². The molecule has 1 saturated heterocycles. The first-order valence-electron chi connectivity index (χ1n) is 9.25. The molecule has 2 atom stereocenters. The van der Waals surface area contributed by atoms with Crippen LogP contribution in [0, 0.1) is 0 Å². The monoisotopic (exact) mass is 402 g/mol. The van der Waals surface area contributed by atoms with Gasteiger partial charge >= 0.3 is 13.2 Å². The summed E-state index contributed by atoms with van der Waals surface area (Å²) in [6, 6.07) is 6.89. The van der Waals surface area contributed by atoms with Crippen molar-refractivity contribution in [1.29, 1.82) is 0 Å². The highest BCUT2D eigenvalue weighted by atomic mass is 16.6. The highest BCUT2D eigenvalue weighted by molar-refractivity contribution is 6.43. The minimum atomic E-state index is -1.80. The van der Waals surface area contributed by atoms with Gasteiger partial charge in [0.2, 0.25) is 5.91 Å². The zero-order chi connectivity index (χ0) is 20.8. The Balaban J connectivity index is 1.58. The van der Waals surface area contributed by atoms with Gasteiger partial charge in [-0.05, 0) is 24.1 Å². The van der Waals surface area contributed by atoms with Crippen LogP contribution in [0.15, 0.2) is 47.6 Å². The first-order chi connectivity index (χ1) is 14.0. The average molecular weight is 402 g/mol. The van der Waals surface area contributed by atoms with Gasteiger partial charge in [-0.1, -0.05) is 24.8 Å². The van der Waals surface area contributed by atoms with Crippen LogP contribution in [-0.4, -0.2) is 72.4 Å². The van der Waals surface area contributed by atoms with Gasteiger partial charge in [0.05, 0.1) is 31.5 Å². The molecule has 154 valence electrons. The molecule has 0 saturated carbocycles. The molecule has 0 unspecified atom stereocenters. The lowest BCUT2D eigenvalue weighted by atomic mass is 9.76. The van der Waals surface area contributed by atoms with Crippen LogP contribution in [0.4, 0.5) is 4.79 Å². The smallest absolute Gasteiger partial charge is 0.464 e. The fraction of sp³-hybridized carbons (Fsp3) is 0.368. The van der Waals surface area contributed by atoms with Crippen LogP contribution in [0.25, 0.3) is 11.0 Å². The lowest BCUT2D eigenvalue weighted by Crippen LogP contribution is -2.52. The number of furan rings is 1. The third-order valence-corrected chi connectivity index (χ3v) is 4.76. The molecule has 3 N–H and O–H groups in total. The molecule has 1 aliphatic heterocycles. The first kappa shape index (κ1) is 20.9. The van der Waals surface area contributed by atoms with Gasteiger partial charge in [-0.2, -0.15) is 0 Å². The Kier molecular flexibility index (Phi) is 6.92. The topological polar surface area (TPSA) is 121 Å². The zero-order valence-corrected chi connectivity index (χ0v) is 15.8. The Hall–Kier alpha value is -2.82. The Bertz CT molecular complexity index is 869. The summed E-state index contributed by atoms with van der Waals surface area (Å²) in [6.07, 6.45) is 2.03. The molecule has 2 amide bonds. The van der Waals surface area contributed by atoms with Crippen molar-refractivity contribution in [2.24, 2.45) is 0 Å². The van der Waals surface area contributed by atoms with Gasteiger partial charge in [0.25, 0.3) is 0 Å². The number of nitrogens with one attached hydrogen (secondary N) is 1. The van der Waals surface area contributed by atoms with Gasteiger partial charge in [-0.15, -0.1) is 0 Å². The molecule has 3 rings (SSSR count). The van der Waals surface area contributed by atoms with E-state index >= 15 is 0 Å². The maximum atomic E-state index is 12.2. The summed E-state index contributed by atoms with van der Waals surface area (Å²) < 4.78 is 16.0. The molecular formula is C19H23BN2O7. The second kappa shape index (κ2) is 9.59. The maximum Gasteiger partial charge on any atom is 0.475 e. The minimum Gasteiger partial charge on any atom is -0.464 e. The SMILES string of the molecule is C=CC(=O)N1CCOC[C@@H]1COC(=O)N[C@@H](Cc1coc2ccccc12)B(O)O. The van der Waals surface area contributed by atoms with Gasteiger partial charge in [-0.25, -0.2) is 4.79 Å². The first-order valence-corrected chi connectivity index (χ1v) is 9.25. The van der Waals surface area contributed by atoms with Crippen LogP contribution in [0.2, 0.25) is 0 Å². The van der Waals surface area contributed by atoms with E-state index in [2.05, 4.69) is 11.9 Å². The summed E-state index contributed by atoms with van der Waals surface area (Å²) in [6.45, 7) is 4.40. The van der Waals surface area contributed by atoms with E-state index in [9.17, 15) is 19.6 Å². The number of hydrogen-bond acceptors (Lipinski definition) is 7. The number of carbonyl (C=O) groups excluding carboxylic acids is 2. The molecule has 9 nitrogen and oxygen atoms in total. The summed E-state index contributed by atoms with van der Waals surface area (Å²) in [7, 11) is -1.80. The number of fused-ring (bicyclic) bond motifs is 1. The maximum absolute atomic E-state index is 12.2. The van der Waals surface area contributed by atoms with Crippen LogP contribution in [0.5, 0.6) is 0 Å². The van der Waals surface area contributed by atoms with Crippen molar-refractivity contribution in [3.05, 3.63) is 48.7 Å². The largest absolute Gasteiger partial charge is 0.475 e. The van der Waals surface area contributed by atoms with Crippen molar-refractivity contribution in [2.75, 3.05) is 26.4 Å². The molecule has 0 radical (unpaired) electrons. The molecule has 1 aromatic carbocycles. The summed E-state index contributed by atoms with van der Waals surface area (Å²) >= 11 is 0. The Morgan fingerprint density at radius 3 is 2.97 bits per heavy atom. The molecule has 29 heavy (non-hydrogen) atoms. The molecule has 0 spiro atoms. The number of benzene rings is 1. The highest BCUT2D eigenvalue weighted by Gasteiger charge is 2.30. The van der Waals surface area contributed by atoms with E-state index in [1.807, 2.05) is 18.2 Å². The third kappa shape index (κ3) is 5.17. The fourth-order valence-electron chi connectivity index (χ4n) is 3.22. The Labute approximate surface area is 168 Å². The van der Waals surface area contributed by atoms with Gasteiger partial charge in [-0.3, -0.25) is 4.79 Å². The van der Waals surface area contributed by atoms with E-state index in [1.165, 1.54) is 17.2 Å². The molecule has 0 aliphatic carbocycles. The van der Waals surface area contributed by atoms with E-state index in [0.29, 0.717) is 18.7 Å². The molecule has 2 heterocycles. The van der Waals surface area contributed by atoms with Crippen LogP contribution >= 0.6 is 0 Å². The van der Waals surface area contributed by atoms with Crippen molar-refractivity contribution in [2.45, 2.75) is 18.4 Å². The summed E-state index contributed by atoms with van der Waals surface area (Å²) in [5, 5.41) is 22.6. The normalized spacial score (nSPS) is 17.6. The van der Waals surface area contributed by atoms with E-state index in [-0.39, 0.29) is 25.5 Å². The molecule has 1 aromatic heterocycles. The molecular weight excluding hydrogens is 379 g/mol. The van der Waals surface area contributed by atoms with Gasteiger partial charge < -0.3 is 34.2 Å². The van der Waals surface area contributed by atoms with Crippen LogP contribution in [0.3, 0.4) is 0 Å². The van der Waals surface area contributed by atoms with Crippen molar-refractivity contribution in [3.8, 4) is 0 Å². The number of para-hydroxylation sites is 1. The molecule has 0 bridgehead atoms. The molecule has 2 aromatic rings. The summed E-state index contributed by atoms with van der Waals surface area (Å²) in [5.41, 5.74) is 1.39. The van der Waals surface area contributed by atoms with Gasteiger partial charge in [0.15, 0.2) is 0 Å². The number of ether oxygens (including phenoxy) is 2. The second-order valence-electron chi connectivity index (χ2n) is 6.69. The highest BCUT2D eigenvalue weighted by Crippen LogP contribution is 2.22. The molecule has 10 heteroatoms. The number of alkyl carbamates (subject to hydrolysis) is 1. The quantitative estimate of drug-likeness (QED) is 0.455. The van der Waals surface area contributed by atoms with Crippen LogP contribution in [-0.2, 0) is 20.7 Å². The standard InChI is InChI=1S/C19H23BN2O7/c1-2-18(23)22-7-8-27-11-14(22)12-29-19(24)21-17(20(25)26)9-13-10-28-16-6-4-3-5-15(13)16/h2-6,10,14,17,25-26H,1,7-9,11-12H2,(H,21,24)/t14-,17+/m1/s1. The number of rotatable bonds is 7. The van der Waals surface area contributed by atoms with Crippen molar-refractivity contribution in [3.63, 3.8) is 0 Å². The van der Waals surface area contributed by atoms with Gasteiger partial charge in [0.1, 0.15) is 12.2 Å². The van der Waals surface area contributed by atoms with Crippen molar-refractivity contribution >= 4 is 30.1 Å². The van der Waals surface area contributed by atoms with Crippen molar-refractivity contribution < 1.29 is 33.5 Å². The van der Waals surface area contributed by atoms with E-state index in [1.54, 1.807) is 6.07 Å². The third-order valence-electron chi connectivity index (χ3n) is 4.76. The number of nitrogens with zero attached hydrogens (tertiary/aromatic N) is 1. The number of morpholine rings is 1. The average Bonchev–Trinajstić information content (AvgIpc) is 3.14. The van der Waals surface area contributed by atoms with Crippen LogP contribution < -0.4 is 5.32 Å². The number of carbonyl (C=O) groups is 2. The lowest BCUT2D eigenvalue weighted by Gasteiger charge is -2.34. The summed E-state index contributed by atoms with van der Waals surface area (Å²) in [5.74, 6) is -1.27. The molecule has 1 aliphatic rings. The predicted octanol–water partition coefficient (Wildman–Crippen LogP) is 0.495. The second-order valence-corrected chi connectivity index (χ2v) is 6.69. The number of amides is 2. The Morgan fingerprint density at radius 1 is 1.41 bits per heavy atom. The zero-order valence-electron chi connectivity index (χ0n) is 15.8. The lowest BCUT2D eigenvalue weighted by molar-refractivity contribution is -0.136. The fourth-order valence-corrected chi connectivity index (χ4v) is 3.22. The van der Waals surface area contributed by atoms with E-state index in [4.69, 9.17) is 13.9 Å².